The van der Waals surface area contributed by atoms with Crippen molar-refractivity contribution >= 4 is 26.7 Å². The van der Waals surface area contributed by atoms with Crippen molar-refractivity contribution in [2.45, 2.75) is 31.1 Å². The molecule has 0 aliphatic heterocycles. The van der Waals surface area contributed by atoms with E-state index in [2.05, 4.69) is 22.9 Å². The number of hydrogen-bond acceptors (Lipinski definition) is 1. The lowest BCUT2D eigenvalue weighted by Crippen LogP contribution is -1.97. The van der Waals surface area contributed by atoms with Gasteiger partial charge in [0.1, 0.15) is 0 Å². The molecule has 1 aromatic carbocycles. The van der Waals surface area contributed by atoms with Crippen LogP contribution in [0.2, 0.25) is 0 Å². The molecule has 0 aliphatic rings. The average Bonchev–Trinajstić information content (AvgIpc) is 2.19. The molecule has 0 saturated heterocycles. The highest BCUT2D eigenvalue weighted by Crippen LogP contribution is 2.14. The molecule has 14 heavy (non-hydrogen) atoms. The molecule has 0 amide bonds. The minimum absolute atomic E-state index is 0.787. The Morgan fingerprint density at radius 1 is 1.21 bits per heavy atom. The van der Waals surface area contributed by atoms with Crippen LogP contribution in [0.5, 0.6) is 0 Å². The van der Waals surface area contributed by atoms with Gasteiger partial charge in [-0.3, -0.25) is 4.21 Å². The van der Waals surface area contributed by atoms with Crippen LogP contribution in [0.4, 0.5) is 0 Å². The van der Waals surface area contributed by atoms with Gasteiger partial charge < -0.3 is 0 Å². The van der Waals surface area contributed by atoms with Gasteiger partial charge in [0.15, 0.2) is 0 Å². The number of rotatable bonds is 5. The van der Waals surface area contributed by atoms with Crippen molar-refractivity contribution in [3.63, 3.8) is 0 Å². The van der Waals surface area contributed by atoms with Crippen LogP contribution in [-0.4, -0.2) is 9.96 Å². The van der Waals surface area contributed by atoms with Gasteiger partial charge in [0.25, 0.3) is 0 Å². The summed E-state index contributed by atoms with van der Waals surface area (Å²) in [5, 5.41) is 0. The molecule has 0 N–H and O–H groups in total. The summed E-state index contributed by atoms with van der Waals surface area (Å²) in [6.45, 7) is 2.16. The SMILES string of the molecule is CCCCCS(=O)c1ccc(Br)cc1. The molecule has 0 aromatic heterocycles. The highest BCUT2D eigenvalue weighted by molar-refractivity contribution is 9.10. The predicted octanol–water partition coefficient (Wildman–Crippen LogP) is 3.75. The van der Waals surface area contributed by atoms with E-state index in [4.69, 9.17) is 0 Å². The number of unbranched alkanes of at least 4 members (excludes halogenated alkanes) is 2. The second-order valence-corrected chi connectivity index (χ2v) is 5.70. The molecule has 0 aliphatic carbocycles. The maximum atomic E-state index is 11.7. The van der Waals surface area contributed by atoms with Crippen molar-refractivity contribution in [2.75, 3.05) is 5.75 Å². The Hall–Kier alpha value is -0.150. The number of benzene rings is 1. The summed E-state index contributed by atoms with van der Waals surface area (Å²) in [5.74, 6) is 0.787. The first-order chi connectivity index (χ1) is 6.74. The summed E-state index contributed by atoms with van der Waals surface area (Å²) in [6, 6.07) is 7.72. The first kappa shape index (κ1) is 11.9. The Morgan fingerprint density at radius 2 is 1.86 bits per heavy atom. The summed E-state index contributed by atoms with van der Waals surface area (Å²) in [7, 11) is -0.814. The molecule has 0 spiro atoms. The van der Waals surface area contributed by atoms with Gasteiger partial charge in [-0.15, -0.1) is 0 Å². The molecule has 0 radical (unpaired) electrons. The van der Waals surface area contributed by atoms with Crippen LogP contribution < -0.4 is 0 Å². The lowest BCUT2D eigenvalue weighted by atomic mass is 10.3. The van der Waals surface area contributed by atoms with Gasteiger partial charge in [-0.25, -0.2) is 0 Å². The van der Waals surface area contributed by atoms with Crippen LogP contribution in [0.15, 0.2) is 33.6 Å². The molecule has 1 rings (SSSR count). The van der Waals surface area contributed by atoms with E-state index in [1.165, 1.54) is 12.8 Å². The zero-order chi connectivity index (χ0) is 10.4. The highest BCUT2D eigenvalue weighted by Gasteiger charge is 2.02. The normalized spacial score (nSPS) is 12.7. The van der Waals surface area contributed by atoms with Gasteiger partial charge in [-0.05, 0) is 30.7 Å². The molecule has 0 bridgehead atoms. The van der Waals surface area contributed by atoms with Gasteiger partial charge in [0.05, 0.1) is 10.8 Å². The third-order valence-electron chi connectivity index (χ3n) is 2.01. The standard InChI is InChI=1S/C11H15BrOS/c1-2-3-4-9-14(13)11-7-5-10(12)6-8-11/h5-8H,2-4,9H2,1H3. The van der Waals surface area contributed by atoms with Crippen molar-refractivity contribution in [1.82, 2.24) is 0 Å². The topological polar surface area (TPSA) is 17.1 Å². The molecule has 3 heteroatoms. The summed E-state index contributed by atoms with van der Waals surface area (Å²) in [5.41, 5.74) is 0. The Morgan fingerprint density at radius 3 is 2.43 bits per heavy atom. The van der Waals surface area contributed by atoms with Crippen LogP contribution in [0.3, 0.4) is 0 Å². The largest absolute Gasteiger partial charge is 0.254 e. The zero-order valence-electron chi connectivity index (χ0n) is 8.33. The average molecular weight is 275 g/mol. The fourth-order valence-electron chi connectivity index (χ4n) is 1.19. The number of halogens is 1. The van der Waals surface area contributed by atoms with Crippen molar-refractivity contribution in [3.8, 4) is 0 Å². The molecule has 1 unspecified atom stereocenters. The molecule has 0 heterocycles. The predicted molar refractivity (Wildman–Crippen MR) is 64.9 cm³/mol. The van der Waals surface area contributed by atoms with Crippen molar-refractivity contribution in [3.05, 3.63) is 28.7 Å². The van der Waals surface area contributed by atoms with Crippen LogP contribution in [0.25, 0.3) is 0 Å². The Labute approximate surface area is 96.5 Å². The lowest BCUT2D eigenvalue weighted by molar-refractivity contribution is 0.676. The van der Waals surface area contributed by atoms with Gasteiger partial charge in [-0.2, -0.15) is 0 Å². The van der Waals surface area contributed by atoms with Crippen molar-refractivity contribution in [2.24, 2.45) is 0 Å². The minimum atomic E-state index is -0.814. The highest BCUT2D eigenvalue weighted by atomic mass is 79.9. The van der Waals surface area contributed by atoms with Crippen molar-refractivity contribution in [1.29, 1.82) is 0 Å². The van der Waals surface area contributed by atoms with E-state index in [1.54, 1.807) is 0 Å². The van der Waals surface area contributed by atoms with E-state index < -0.39 is 10.8 Å². The maximum absolute atomic E-state index is 11.7. The summed E-state index contributed by atoms with van der Waals surface area (Å²) in [4.78, 5) is 0.935. The van der Waals surface area contributed by atoms with E-state index in [0.717, 1.165) is 21.5 Å². The van der Waals surface area contributed by atoms with Crippen LogP contribution in [0.1, 0.15) is 26.2 Å². The Balaban J connectivity index is 2.48. The van der Waals surface area contributed by atoms with Gasteiger partial charge >= 0.3 is 0 Å². The smallest absolute Gasteiger partial charge is 0.0529 e. The molecule has 0 fully saturated rings. The fourth-order valence-corrected chi connectivity index (χ4v) is 2.59. The first-order valence-corrected chi connectivity index (χ1v) is 6.99. The summed E-state index contributed by atoms with van der Waals surface area (Å²) >= 11 is 3.36. The molecular weight excluding hydrogens is 260 g/mol. The maximum Gasteiger partial charge on any atom is 0.0529 e. The summed E-state index contributed by atoms with van der Waals surface area (Å²) < 4.78 is 12.8. The first-order valence-electron chi connectivity index (χ1n) is 4.88. The number of hydrogen-bond donors (Lipinski definition) is 0. The molecule has 1 aromatic rings. The third kappa shape index (κ3) is 3.93. The third-order valence-corrected chi connectivity index (χ3v) is 4.00. The van der Waals surface area contributed by atoms with Crippen LogP contribution in [0, 0.1) is 0 Å². The second-order valence-electron chi connectivity index (χ2n) is 3.21. The Bertz CT molecular complexity index is 295. The minimum Gasteiger partial charge on any atom is -0.254 e. The lowest BCUT2D eigenvalue weighted by Gasteiger charge is -2.01. The van der Waals surface area contributed by atoms with Crippen molar-refractivity contribution < 1.29 is 4.21 Å². The van der Waals surface area contributed by atoms with E-state index in [9.17, 15) is 4.21 Å². The van der Waals surface area contributed by atoms with E-state index in [-0.39, 0.29) is 0 Å². The molecule has 1 atom stereocenters. The van der Waals surface area contributed by atoms with Gasteiger partial charge in [0, 0.05) is 15.1 Å². The Kier molecular flexibility index (Phi) is 5.41. The van der Waals surface area contributed by atoms with Gasteiger partial charge in [0.2, 0.25) is 0 Å². The van der Waals surface area contributed by atoms with Crippen LogP contribution in [-0.2, 0) is 10.8 Å². The summed E-state index contributed by atoms with van der Waals surface area (Å²) in [6.07, 6.45) is 3.40. The van der Waals surface area contributed by atoms with Gasteiger partial charge in [-0.1, -0.05) is 35.7 Å². The fraction of sp³-hybridized carbons (Fsp3) is 0.455. The molecular formula is C11H15BrOS. The molecule has 1 nitrogen and oxygen atoms in total. The van der Waals surface area contributed by atoms with E-state index in [1.807, 2.05) is 24.3 Å². The second kappa shape index (κ2) is 6.36. The molecule has 0 saturated carbocycles. The molecule has 78 valence electrons. The monoisotopic (exact) mass is 274 g/mol. The zero-order valence-corrected chi connectivity index (χ0v) is 10.7. The quantitative estimate of drug-likeness (QED) is 0.748. The van der Waals surface area contributed by atoms with E-state index >= 15 is 0 Å². The van der Waals surface area contributed by atoms with E-state index in [0.29, 0.717) is 0 Å². The van der Waals surface area contributed by atoms with Crippen LogP contribution >= 0.6 is 15.9 Å².